The minimum Gasteiger partial charge on any atom is -0.497 e. The van der Waals surface area contributed by atoms with E-state index in [1.807, 2.05) is 90.8 Å². The van der Waals surface area contributed by atoms with Crippen molar-refractivity contribution in [1.82, 2.24) is 9.57 Å². The summed E-state index contributed by atoms with van der Waals surface area (Å²) in [7, 11) is -0.307. The highest BCUT2D eigenvalue weighted by Gasteiger charge is 2.75. The van der Waals surface area contributed by atoms with E-state index in [4.69, 9.17) is 4.74 Å². The van der Waals surface area contributed by atoms with E-state index in [-0.39, 0.29) is 24.8 Å². The molecule has 3 heterocycles. The lowest BCUT2D eigenvalue weighted by Crippen LogP contribution is -2.65. The standard InChI is InChI=1S/C32H34N3O6P/c1-34-18-27(23-12-14-25(41-2)15-13-23)31(32(34)26-10-6-7-11-28(26)33-30(32)39)19-35(42(40,20-36)21-37)17-24(29(31)38)16-22-8-4-3-5-9-22/h3-16,27,36-37H,17-21H2,1-2H3,(H,33,39)/b24-16+/t27-,31+,32+/m0/s1. The van der Waals surface area contributed by atoms with Gasteiger partial charge in [-0.05, 0) is 42.4 Å². The molecule has 9 nitrogen and oxygen atoms in total. The van der Waals surface area contributed by atoms with Crippen LogP contribution in [0.5, 0.6) is 5.75 Å². The molecule has 2 fully saturated rings. The highest BCUT2D eigenvalue weighted by Crippen LogP contribution is 2.66. The fourth-order valence-corrected chi connectivity index (χ4v) is 8.65. The van der Waals surface area contributed by atoms with Gasteiger partial charge in [0.15, 0.2) is 13.1 Å². The van der Waals surface area contributed by atoms with Gasteiger partial charge in [0.1, 0.15) is 24.0 Å². The number of hydrogen-bond acceptors (Lipinski definition) is 7. The zero-order chi connectivity index (χ0) is 29.7. The third-order valence-corrected chi connectivity index (χ3v) is 11.5. The van der Waals surface area contributed by atoms with Crippen molar-refractivity contribution < 1.29 is 29.1 Å². The number of piperidine rings is 1. The van der Waals surface area contributed by atoms with E-state index in [9.17, 15) is 19.6 Å². The number of anilines is 1. The molecule has 3 aromatic carbocycles. The van der Waals surface area contributed by atoms with Crippen LogP contribution in [0.25, 0.3) is 6.08 Å². The van der Waals surface area contributed by atoms with E-state index in [0.29, 0.717) is 29.1 Å². The molecule has 3 aliphatic rings. The molecular weight excluding hydrogens is 553 g/mol. The summed E-state index contributed by atoms with van der Waals surface area (Å²) in [5.74, 6) is -0.406. The van der Waals surface area contributed by atoms with E-state index < -0.39 is 36.9 Å². The molecule has 0 radical (unpaired) electrons. The Bertz CT molecular complexity index is 1600. The molecule has 3 aliphatic heterocycles. The van der Waals surface area contributed by atoms with E-state index in [0.717, 1.165) is 11.1 Å². The van der Waals surface area contributed by atoms with Gasteiger partial charge in [-0.25, -0.2) is 4.67 Å². The molecular formula is C32H34N3O6P. The molecule has 3 aromatic rings. The fourth-order valence-electron chi connectivity index (χ4n) is 7.31. The first-order chi connectivity index (χ1) is 20.2. The lowest BCUT2D eigenvalue weighted by molar-refractivity contribution is -0.145. The summed E-state index contributed by atoms with van der Waals surface area (Å²) in [4.78, 5) is 31.6. The fraction of sp³-hybridized carbons (Fsp3) is 0.312. The monoisotopic (exact) mass is 587 g/mol. The van der Waals surface area contributed by atoms with Gasteiger partial charge in [0.2, 0.25) is 0 Å². The van der Waals surface area contributed by atoms with E-state index in [1.54, 1.807) is 17.9 Å². The van der Waals surface area contributed by atoms with Gasteiger partial charge < -0.3 is 24.8 Å². The van der Waals surface area contributed by atoms with Crippen LogP contribution in [0.1, 0.15) is 22.6 Å². The maximum atomic E-state index is 15.2. The van der Waals surface area contributed by atoms with Crippen molar-refractivity contribution in [3.63, 3.8) is 0 Å². The number of para-hydroxylation sites is 1. The molecule has 0 saturated carbocycles. The van der Waals surface area contributed by atoms with E-state index in [1.165, 1.54) is 0 Å². The second-order valence-electron chi connectivity index (χ2n) is 11.2. The topological polar surface area (TPSA) is 119 Å². The summed E-state index contributed by atoms with van der Waals surface area (Å²) in [6.45, 7) is 0.222. The van der Waals surface area contributed by atoms with Gasteiger partial charge in [-0.3, -0.25) is 14.5 Å². The number of fused-ring (bicyclic) bond motifs is 3. The van der Waals surface area contributed by atoms with Crippen LogP contribution in [0, 0.1) is 5.41 Å². The van der Waals surface area contributed by atoms with Crippen molar-refractivity contribution >= 4 is 30.7 Å². The molecule has 3 N–H and O–H groups in total. The molecule has 10 heteroatoms. The lowest BCUT2D eigenvalue weighted by atomic mass is 9.56. The Morgan fingerprint density at radius 3 is 2.33 bits per heavy atom. The molecule has 0 aromatic heterocycles. The number of ketones is 1. The average Bonchev–Trinajstić information content (AvgIpc) is 3.47. The number of nitrogens with zero attached hydrogens (tertiary/aromatic N) is 2. The van der Waals surface area contributed by atoms with Crippen LogP contribution in [0.3, 0.4) is 0 Å². The van der Waals surface area contributed by atoms with Crippen LogP contribution in [-0.4, -0.2) is 78.0 Å². The van der Waals surface area contributed by atoms with Crippen LogP contribution >= 0.6 is 7.29 Å². The van der Waals surface area contributed by atoms with Crippen LogP contribution in [0.15, 0.2) is 84.4 Å². The van der Waals surface area contributed by atoms with Gasteiger partial charge in [0.25, 0.3) is 5.91 Å². The molecule has 0 unspecified atom stereocenters. The Morgan fingerprint density at radius 1 is 1.00 bits per heavy atom. The van der Waals surface area contributed by atoms with Crippen LogP contribution < -0.4 is 10.1 Å². The van der Waals surface area contributed by atoms with Crippen LogP contribution in [-0.2, 0) is 19.7 Å². The van der Waals surface area contributed by atoms with Crippen molar-refractivity contribution in [3.8, 4) is 5.75 Å². The molecule has 218 valence electrons. The third-order valence-electron chi connectivity index (χ3n) is 9.26. The Balaban J connectivity index is 1.67. The number of methoxy groups -OCH3 is 1. The van der Waals surface area contributed by atoms with Crippen molar-refractivity contribution in [1.29, 1.82) is 0 Å². The van der Waals surface area contributed by atoms with E-state index in [2.05, 4.69) is 5.32 Å². The van der Waals surface area contributed by atoms with Crippen molar-refractivity contribution in [2.75, 3.05) is 51.8 Å². The number of likely N-dealkylation sites (tertiary alicyclic amines) is 1. The Kier molecular flexibility index (Phi) is 7.20. The number of Topliss-reactive ketones (excluding diaryl/α,β-unsaturated/α-hetero) is 1. The average molecular weight is 588 g/mol. The number of likely N-dealkylation sites (N-methyl/N-ethyl adjacent to an activating group) is 1. The molecule has 3 atom stereocenters. The lowest BCUT2D eigenvalue weighted by Gasteiger charge is -2.52. The Labute approximate surface area is 244 Å². The van der Waals surface area contributed by atoms with Crippen molar-refractivity contribution in [2.45, 2.75) is 11.5 Å². The maximum Gasteiger partial charge on any atom is 0.250 e. The number of rotatable bonds is 6. The zero-order valence-corrected chi connectivity index (χ0v) is 24.5. The summed E-state index contributed by atoms with van der Waals surface area (Å²) in [6.07, 6.45) is 0.252. The Morgan fingerprint density at radius 2 is 1.67 bits per heavy atom. The summed E-state index contributed by atoms with van der Waals surface area (Å²) in [5.41, 5.74) is 0.342. The zero-order valence-electron chi connectivity index (χ0n) is 23.6. The van der Waals surface area contributed by atoms with Gasteiger partial charge in [-0.1, -0.05) is 60.7 Å². The van der Waals surface area contributed by atoms with Crippen LogP contribution in [0.4, 0.5) is 5.69 Å². The van der Waals surface area contributed by atoms with Gasteiger partial charge in [-0.2, -0.15) is 0 Å². The number of carbonyl (C=O) groups excluding carboxylic acids is 2. The molecule has 42 heavy (non-hydrogen) atoms. The third kappa shape index (κ3) is 3.96. The molecule has 2 spiro atoms. The summed E-state index contributed by atoms with van der Waals surface area (Å²) in [5, 5.41) is 23.6. The largest absolute Gasteiger partial charge is 0.497 e. The SMILES string of the molecule is COc1ccc([C@@H]2CN(C)[C@]3(C(=O)Nc4ccccc43)[C@]23CN(P(=O)(CO)CO)C/C(=C\c2ccccc2)C3=O)cc1. The summed E-state index contributed by atoms with van der Waals surface area (Å²) >= 11 is 0. The quantitative estimate of drug-likeness (QED) is 0.295. The van der Waals surface area contributed by atoms with Crippen molar-refractivity contribution in [3.05, 3.63) is 101 Å². The predicted octanol–water partition coefficient (Wildman–Crippen LogP) is 3.70. The summed E-state index contributed by atoms with van der Waals surface area (Å²) in [6, 6.07) is 24.2. The minimum atomic E-state index is -3.73. The predicted molar refractivity (Wildman–Crippen MR) is 160 cm³/mol. The number of nitrogens with one attached hydrogen (secondary N) is 1. The number of amides is 1. The van der Waals surface area contributed by atoms with Crippen LogP contribution in [0.2, 0.25) is 0 Å². The van der Waals surface area contributed by atoms with Crippen molar-refractivity contribution in [2.24, 2.45) is 5.41 Å². The number of aliphatic hydroxyl groups is 2. The normalized spacial score (nSPS) is 27.1. The number of aliphatic hydroxyl groups excluding tert-OH is 2. The second kappa shape index (κ2) is 10.6. The number of benzene rings is 3. The minimum absolute atomic E-state index is 0.0354. The number of ether oxygens (including phenoxy) is 1. The first-order valence-corrected chi connectivity index (χ1v) is 15.9. The first-order valence-electron chi connectivity index (χ1n) is 13.9. The number of carbonyl (C=O) groups is 2. The van der Waals surface area contributed by atoms with E-state index >= 15 is 4.79 Å². The van der Waals surface area contributed by atoms with Gasteiger partial charge in [0, 0.05) is 42.4 Å². The molecule has 0 bridgehead atoms. The van der Waals surface area contributed by atoms with Gasteiger partial charge in [-0.15, -0.1) is 0 Å². The first kappa shape index (κ1) is 28.5. The molecule has 0 aliphatic carbocycles. The van der Waals surface area contributed by atoms with Gasteiger partial charge >= 0.3 is 0 Å². The molecule has 6 rings (SSSR count). The maximum absolute atomic E-state index is 15.2. The Hall–Kier alpha value is -3.59. The van der Waals surface area contributed by atoms with Gasteiger partial charge in [0.05, 0.1) is 12.5 Å². The molecule has 1 amide bonds. The highest BCUT2D eigenvalue weighted by molar-refractivity contribution is 7.61. The molecule has 2 saturated heterocycles. The number of hydrogen-bond donors (Lipinski definition) is 3. The second-order valence-corrected chi connectivity index (χ2v) is 14.1. The highest BCUT2D eigenvalue weighted by atomic mass is 31.2. The smallest absolute Gasteiger partial charge is 0.250 e. The summed E-state index contributed by atoms with van der Waals surface area (Å²) < 4.78 is 21.0.